The molecular formula is C21H27ClN6O2. The van der Waals surface area contributed by atoms with Gasteiger partial charge in [-0.25, -0.2) is 15.0 Å². The Morgan fingerprint density at radius 3 is 2.67 bits per heavy atom. The third kappa shape index (κ3) is 4.87. The summed E-state index contributed by atoms with van der Waals surface area (Å²) >= 11 is 6.42. The molecule has 0 atom stereocenters. The molecule has 4 rings (SSSR count). The molecule has 1 aromatic carbocycles. The monoisotopic (exact) mass is 430 g/mol. The van der Waals surface area contributed by atoms with Gasteiger partial charge in [0.05, 0.1) is 24.8 Å². The van der Waals surface area contributed by atoms with Crippen LogP contribution >= 0.6 is 11.6 Å². The van der Waals surface area contributed by atoms with E-state index in [1.54, 1.807) is 12.4 Å². The van der Waals surface area contributed by atoms with Crippen LogP contribution in [-0.2, 0) is 6.54 Å². The lowest BCUT2D eigenvalue weighted by molar-refractivity contribution is 0.297. The van der Waals surface area contributed by atoms with Gasteiger partial charge in [-0.05, 0) is 30.7 Å². The topological polar surface area (TPSA) is 75.1 Å². The van der Waals surface area contributed by atoms with Crippen LogP contribution in [0.15, 0.2) is 35.6 Å². The standard InChI is InChI=1S/C21H27ClN6O2/c1-2-23-20(27-7-9-28(10-8-27)21-24-5-3-6-25-21)26-15-16-13-17(22)19-18(14-16)29-11-4-12-30-19/h3,5-6,13-14H,2,4,7-12,15H2,1H3,(H,23,26). The summed E-state index contributed by atoms with van der Waals surface area (Å²) < 4.78 is 11.5. The number of nitrogens with zero attached hydrogens (tertiary/aromatic N) is 5. The molecule has 0 amide bonds. The molecule has 0 radical (unpaired) electrons. The zero-order chi connectivity index (χ0) is 20.8. The zero-order valence-electron chi connectivity index (χ0n) is 17.2. The summed E-state index contributed by atoms with van der Waals surface area (Å²) in [4.78, 5) is 18.0. The molecule has 2 aliphatic rings. The predicted molar refractivity (Wildman–Crippen MR) is 118 cm³/mol. The average molecular weight is 431 g/mol. The van der Waals surface area contributed by atoms with Gasteiger partial charge in [0.1, 0.15) is 0 Å². The summed E-state index contributed by atoms with van der Waals surface area (Å²) in [6.07, 6.45) is 4.41. The van der Waals surface area contributed by atoms with Crippen molar-refractivity contribution in [3.8, 4) is 11.5 Å². The van der Waals surface area contributed by atoms with Gasteiger partial charge in [-0.1, -0.05) is 11.6 Å². The fourth-order valence-electron chi connectivity index (χ4n) is 3.54. The van der Waals surface area contributed by atoms with E-state index in [-0.39, 0.29) is 0 Å². The maximum atomic E-state index is 6.42. The highest BCUT2D eigenvalue weighted by molar-refractivity contribution is 6.32. The van der Waals surface area contributed by atoms with Gasteiger partial charge in [-0.2, -0.15) is 0 Å². The first-order valence-electron chi connectivity index (χ1n) is 10.4. The minimum Gasteiger partial charge on any atom is -0.489 e. The summed E-state index contributed by atoms with van der Waals surface area (Å²) in [6.45, 7) is 8.06. The lowest BCUT2D eigenvalue weighted by Gasteiger charge is -2.36. The first kappa shape index (κ1) is 20.5. The van der Waals surface area contributed by atoms with E-state index in [0.29, 0.717) is 36.3 Å². The number of hydrogen-bond acceptors (Lipinski definition) is 6. The minimum atomic E-state index is 0.515. The van der Waals surface area contributed by atoms with Crippen molar-refractivity contribution in [2.24, 2.45) is 4.99 Å². The first-order chi connectivity index (χ1) is 14.7. The number of fused-ring (bicyclic) bond motifs is 1. The summed E-state index contributed by atoms with van der Waals surface area (Å²) in [7, 11) is 0. The fraction of sp³-hybridized carbons (Fsp3) is 0.476. The van der Waals surface area contributed by atoms with Crippen LogP contribution in [-0.4, -0.2) is 66.8 Å². The Morgan fingerprint density at radius 2 is 1.90 bits per heavy atom. The van der Waals surface area contributed by atoms with Crippen LogP contribution < -0.4 is 19.7 Å². The maximum absolute atomic E-state index is 6.42. The molecule has 2 aromatic rings. The number of guanidine groups is 1. The summed E-state index contributed by atoms with van der Waals surface area (Å²) in [6, 6.07) is 5.72. The van der Waals surface area contributed by atoms with E-state index in [0.717, 1.165) is 56.6 Å². The van der Waals surface area contributed by atoms with Gasteiger partial charge in [0, 0.05) is 51.5 Å². The van der Waals surface area contributed by atoms with E-state index in [1.165, 1.54) is 0 Å². The Labute approximate surface area is 181 Å². The molecule has 0 bridgehead atoms. The molecule has 1 N–H and O–H groups in total. The van der Waals surface area contributed by atoms with Crippen molar-refractivity contribution in [2.45, 2.75) is 19.9 Å². The number of aromatic nitrogens is 2. The predicted octanol–water partition coefficient (Wildman–Crippen LogP) is 2.58. The average Bonchev–Trinajstić information content (AvgIpc) is 3.03. The third-order valence-electron chi connectivity index (χ3n) is 5.02. The minimum absolute atomic E-state index is 0.515. The number of rotatable bonds is 4. The number of benzene rings is 1. The highest BCUT2D eigenvalue weighted by Gasteiger charge is 2.21. The highest BCUT2D eigenvalue weighted by atomic mass is 35.5. The number of piperazine rings is 1. The molecule has 8 nitrogen and oxygen atoms in total. The molecule has 1 saturated heterocycles. The molecule has 0 spiro atoms. The van der Waals surface area contributed by atoms with Crippen LogP contribution in [0.5, 0.6) is 11.5 Å². The van der Waals surface area contributed by atoms with Crippen molar-refractivity contribution in [3.63, 3.8) is 0 Å². The van der Waals surface area contributed by atoms with E-state index < -0.39 is 0 Å². The molecule has 1 fully saturated rings. The van der Waals surface area contributed by atoms with Crippen molar-refractivity contribution in [1.82, 2.24) is 20.2 Å². The molecule has 1 aromatic heterocycles. The van der Waals surface area contributed by atoms with Crippen LogP contribution in [0.3, 0.4) is 0 Å². The highest BCUT2D eigenvalue weighted by Crippen LogP contribution is 2.38. The molecule has 160 valence electrons. The maximum Gasteiger partial charge on any atom is 0.225 e. The smallest absolute Gasteiger partial charge is 0.225 e. The Bertz CT molecular complexity index is 871. The largest absolute Gasteiger partial charge is 0.489 e. The molecule has 2 aliphatic heterocycles. The van der Waals surface area contributed by atoms with Gasteiger partial charge in [-0.15, -0.1) is 0 Å². The lowest BCUT2D eigenvalue weighted by atomic mass is 10.2. The van der Waals surface area contributed by atoms with Crippen molar-refractivity contribution in [1.29, 1.82) is 0 Å². The lowest BCUT2D eigenvalue weighted by Crippen LogP contribution is -2.52. The molecule has 30 heavy (non-hydrogen) atoms. The van der Waals surface area contributed by atoms with Gasteiger partial charge in [-0.3, -0.25) is 0 Å². The molecule has 0 saturated carbocycles. The van der Waals surface area contributed by atoms with E-state index >= 15 is 0 Å². The molecule has 3 heterocycles. The molecule has 9 heteroatoms. The number of halogens is 1. The molecular weight excluding hydrogens is 404 g/mol. The van der Waals surface area contributed by atoms with Gasteiger partial charge in [0.15, 0.2) is 17.5 Å². The summed E-state index contributed by atoms with van der Waals surface area (Å²) in [5.74, 6) is 3.01. The van der Waals surface area contributed by atoms with E-state index in [1.807, 2.05) is 18.2 Å². The quantitative estimate of drug-likeness (QED) is 0.590. The fourth-order valence-corrected chi connectivity index (χ4v) is 3.83. The first-order valence-corrected chi connectivity index (χ1v) is 10.8. The second kappa shape index (κ2) is 9.84. The summed E-state index contributed by atoms with van der Waals surface area (Å²) in [5.41, 5.74) is 0.996. The normalized spacial score (nSPS) is 16.9. The van der Waals surface area contributed by atoms with Crippen LogP contribution in [0.4, 0.5) is 5.95 Å². The van der Waals surface area contributed by atoms with Gasteiger partial charge < -0.3 is 24.6 Å². The van der Waals surface area contributed by atoms with E-state index in [9.17, 15) is 0 Å². The van der Waals surface area contributed by atoms with Crippen LogP contribution in [0.2, 0.25) is 5.02 Å². The zero-order valence-corrected chi connectivity index (χ0v) is 17.9. The van der Waals surface area contributed by atoms with E-state index in [2.05, 4.69) is 32.0 Å². The van der Waals surface area contributed by atoms with Gasteiger partial charge in [0.2, 0.25) is 5.95 Å². The third-order valence-corrected chi connectivity index (χ3v) is 5.30. The Balaban J connectivity index is 1.43. The van der Waals surface area contributed by atoms with Gasteiger partial charge >= 0.3 is 0 Å². The Morgan fingerprint density at radius 1 is 1.13 bits per heavy atom. The van der Waals surface area contributed by atoms with E-state index in [4.69, 9.17) is 26.1 Å². The second-order valence-corrected chi connectivity index (χ2v) is 7.56. The van der Waals surface area contributed by atoms with Crippen LogP contribution in [0.1, 0.15) is 18.9 Å². The molecule has 0 unspecified atom stereocenters. The Kier molecular flexibility index (Phi) is 6.74. The van der Waals surface area contributed by atoms with Crippen molar-refractivity contribution in [3.05, 3.63) is 41.2 Å². The van der Waals surface area contributed by atoms with Crippen LogP contribution in [0, 0.1) is 0 Å². The number of nitrogens with one attached hydrogen (secondary N) is 1. The van der Waals surface area contributed by atoms with Gasteiger partial charge in [0.25, 0.3) is 0 Å². The summed E-state index contributed by atoms with van der Waals surface area (Å²) in [5, 5.41) is 3.97. The number of hydrogen-bond donors (Lipinski definition) is 1. The Hall–Kier alpha value is -2.74. The van der Waals surface area contributed by atoms with Crippen molar-refractivity contribution >= 4 is 23.5 Å². The van der Waals surface area contributed by atoms with Crippen molar-refractivity contribution < 1.29 is 9.47 Å². The number of anilines is 1. The van der Waals surface area contributed by atoms with Crippen LogP contribution in [0.25, 0.3) is 0 Å². The molecule has 0 aliphatic carbocycles. The van der Waals surface area contributed by atoms with Crippen molar-refractivity contribution in [2.75, 3.05) is 50.8 Å². The number of aliphatic imine (C=N–C) groups is 1. The number of ether oxygens (including phenoxy) is 2. The second-order valence-electron chi connectivity index (χ2n) is 7.15. The SMILES string of the molecule is CCNC(=NCc1cc(Cl)c2c(c1)OCCCO2)N1CCN(c2ncccn2)CC1.